The van der Waals surface area contributed by atoms with Crippen molar-refractivity contribution in [3.63, 3.8) is 0 Å². The molecule has 1 aliphatic heterocycles. The van der Waals surface area contributed by atoms with Gasteiger partial charge in [-0.1, -0.05) is 41.9 Å². The minimum absolute atomic E-state index is 0.235. The number of carbonyl (C=O) groups excluding carboxylic acids is 2. The number of halogens is 4. The number of amides is 2. The lowest BCUT2D eigenvalue weighted by atomic mass is 10.1. The van der Waals surface area contributed by atoms with Crippen molar-refractivity contribution in [1.82, 2.24) is 10.3 Å². The maximum absolute atomic E-state index is 12.5. The first-order chi connectivity index (χ1) is 19.5. The van der Waals surface area contributed by atoms with Crippen molar-refractivity contribution >= 4 is 74.7 Å². The molecule has 0 atom stereocenters. The van der Waals surface area contributed by atoms with Crippen molar-refractivity contribution < 1.29 is 32.7 Å². The monoisotopic (exact) mass is 598 g/mol. The number of anilines is 1. The van der Waals surface area contributed by atoms with E-state index in [9.17, 15) is 22.8 Å². The number of carbonyl (C=O) groups is 3. The Hall–Kier alpha value is -4.68. The Bertz CT molecular complexity index is 1700. The molecule has 0 saturated carbocycles. The van der Waals surface area contributed by atoms with Crippen LogP contribution in [0.3, 0.4) is 0 Å². The van der Waals surface area contributed by atoms with Crippen molar-refractivity contribution in [2.45, 2.75) is 6.18 Å². The summed E-state index contributed by atoms with van der Waals surface area (Å²) in [5, 5.41) is 14.5. The zero-order chi connectivity index (χ0) is 29.6. The molecule has 208 valence electrons. The number of nitrogens with one attached hydrogen (secondary N) is 2. The normalized spacial score (nSPS) is 14.9. The van der Waals surface area contributed by atoms with E-state index >= 15 is 0 Å². The maximum Gasteiger partial charge on any atom is 0.490 e. The molecule has 1 saturated heterocycles. The number of nitrogens with zero attached hydrogens (tertiary/aromatic N) is 2. The SMILES string of the molecule is O=C(O)C(F)(F)F.O=C1NC(=Nc2cc(NC(=O)c3ccccc3)ccc2Cl)S/C1=C\c1ccc2ncccc2c1. The molecule has 0 unspecified atom stereocenters. The molecular weight excluding hydrogens is 581 g/mol. The zero-order valence-electron chi connectivity index (χ0n) is 20.6. The number of amidine groups is 1. The topological polar surface area (TPSA) is 121 Å². The molecule has 1 aliphatic rings. The van der Waals surface area contributed by atoms with Crippen LogP contribution in [-0.4, -0.2) is 39.2 Å². The van der Waals surface area contributed by atoms with E-state index < -0.39 is 12.1 Å². The van der Waals surface area contributed by atoms with E-state index in [0.29, 0.717) is 32.0 Å². The molecule has 0 bridgehead atoms. The molecule has 0 aliphatic carbocycles. The average Bonchev–Trinajstić information content (AvgIpc) is 3.28. The molecule has 0 spiro atoms. The molecule has 3 N–H and O–H groups in total. The number of carboxylic acids is 1. The van der Waals surface area contributed by atoms with Gasteiger partial charge in [0, 0.05) is 22.8 Å². The predicted molar refractivity (Wildman–Crippen MR) is 152 cm³/mol. The molecule has 13 heteroatoms. The highest BCUT2D eigenvalue weighted by molar-refractivity contribution is 8.18. The number of thioether (sulfide) groups is 1. The van der Waals surface area contributed by atoms with Crippen LogP contribution in [0.15, 0.2) is 95.0 Å². The molecule has 1 aromatic heterocycles. The van der Waals surface area contributed by atoms with Crippen LogP contribution in [-0.2, 0) is 9.59 Å². The van der Waals surface area contributed by atoms with Gasteiger partial charge in [-0.15, -0.1) is 0 Å². The molecule has 8 nitrogen and oxygen atoms in total. The molecule has 1 fully saturated rings. The fourth-order valence-electron chi connectivity index (χ4n) is 3.39. The second-order valence-electron chi connectivity index (χ2n) is 8.23. The first-order valence-electron chi connectivity index (χ1n) is 11.6. The molecular formula is C28H18ClF3N4O4S. The first kappa shape index (κ1) is 29.3. The molecule has 5 rings (SSSR count). The summed E-state index contributed by atoms with van der Waals surface area (Å²) in [5.74, 6) is -3.23. The summed E-state index contributed by atoms with van der Waals surface area (Å²) in [4.78, 5) is 43.2. The van der Waals surface area contributed by atoms with E-state index in [1.807, 2.05) is 42.5 Å². The van der Waals surface area contributed by atoms with Crippen molar-refractivity contribution in [3.05, 3.63) is 106 Å². The van der Waals surface area contributed by atoms with E-state index in [-0.39, 0.29) is 11.8 Å². The number of aliphatic imine (C=N–C) groups is 1. The first-order valence-corrected chi connectivity index (χ1v) is 12.8. The Morgan fingerprint density at radius 2 is 1.76 bits per heavy atom. The fraction of sp³-hybridized carbons (Fsp3) is 0.0357. The number of pyridine rings is 1. The lowest BCUT2D eigenvalue weighted by Gasteiger charge is -2.07. The predicted octanol–water partition coefficient (Wildman–Crippen LogP) is 6.67. The van der Waals surface area contributed by atoms with E-state index in [2.05, 4.69) is 20.6 Å². The summed E-state index contributed by atoms with van der Waals surface area (Å²) in [6.45, 7) is 0. The Morgan fingerprint density at radius 3 is 2.46 bits per heavy atom. The van der Waals surface area contributed by atoms with Crippen LogP contribution in [0.2, 0.25) is 5.02 Å². The van der Waals surface area contributed by atoms with Crippen LogP contribution >= 0.6 is 23.4 Å². The van der Waals surface area contributed by atoms with Crippen molar-refractivity contribution in [3.8, 4) is 0 Å². The van der Waals surface area contributed by atoms with E-state index in [1.165, 1.54) is 11.8 Å². The summed E-state index contributed by atoms with van der Waals surface area (Å²) in [5.41, 5.74) is 3.32. The molecule has 0 radical (unpaired) electrons. The van der Waals surface area contributed by atoms with Crippen molar-refractivity contribution in [2.24, 2.45) is 4.99 Å². The number of fused-ring (bicyclic) bond motifs is 1. The van der Waals surface area contributed by atoms with Gasteiger partial charge in [-0.05, 0) is 71.9 Å². The largest absolute Gasteiger partial charge is 0.490 e. The van der Waals surface area contributed by atoms with Gasteiger partial charge in [-0.2, -0.15) is 13.2 Å². The summed E-state index contributed by atoms with van der Waals surface area (Å²) >= 11 is 7.55. The molecule has 2 heterocycles. The molecule has 3 aromatic carbocycles. The van der Waals surface area contributed by atoms with Gasteiger partial charge >= 0.3 is 12.1 Å². The van der Waals surface area contributed by atoms with Crippen LogP contribution in [0.4, 0.5) is 24.5 Å². The number of alkyl halides is 3. The van der Waals surface area contributed by atoms with Gasteiger partial charge in [-0.3, -0.25) is 14.6 Å². The summed E-state index contributed by atoms with van der Waals surface area (Å²) in [6, 6.07) is 23.6. The van der Waals surface area contributed by atoms with E-state index in [1.54, 1.807) is 48.7 Å². The highest BCUT2D eigenvalue weighted by atomic mass is 35.5. The van der Waals surface area contributed by atoms with Gasteiger partial charge in [-0.25, -0.2) is 9.79 Å². The third-order valence-corrected chi connectivity index (χ3v) is 6.51. The van der Waals surface area contributed by atoms with Crippen LogP contribution in [0.1, 0.15) is 15.9 Å². The highest BCUT2D eigenvalue weighted by Gasteiger charge is 2.38. The second kappa shape index (κ2) is 12.7. The lowest BCUT2D eigenvalue weighted by molar-refractivity contribution is -0.192. The maximum atomic E-state index is 12.5. The molecule has 4 aromatic rings. The number of hydrogen-bond donors (Lipinski definition) is 3. The van der Waals surface area contributed by atoms with Crippen molar-refractivity contribution in [2.75, 3.05) is 5.32 Å². The minimum Gasteiger partial charge on any atom is -0.475 e. The number of carboxylic acid groups (broad SMARTS) is 1. The number of rotatable bonds is 4. The zero-order valence-corrected chi connectivity index (χ0v) is 22.2. The smallest absolute Gasteiger partial charge is 0.475 e. The van der Waals surface area contributed by atoms with Crippen molar-refractivity contribution in [1.29, 1.82) is 0 Å². The Balaban J connectivity index is 0.000000493. The van der Waals surface area contributed by atoms with Crippen LogP contribution in [0, 0.1) is 0 Å². The Labute approximate surface area is 240 Å². The van der Waals surface area contributed by atoms with Gasteiger partial charge in [0.2, 0.25) is 0 Å². The summed E-state index contributed by atoms with van der Waals surface area (Å²) < 4.78 is 31.7. The standard InChI is InChI=1S/C26H17ClN4O2S.C2HF3O2/c27-20-10-9-19(29-24(32)17-5-2-1-3-6-17)15-22(20)30-26-31-25(33)23(34-26)14-16-8-11-21-18(13-16)7-4-12-28-21;3-2(4,5)1(6)7/h1-15H,(H,29,32)(H,30,31,33);(H,6,7)/b23-14-;. The van der Waals surface area contributed by atoms with Gasteiger partial charge < -0.3 is 15.7 Å². The highest BCUT2D eigenvalue weighted by Crippen LogP contribution is 2.33. The van der Waals surface area contributed by atoms with Crippen LogP contribution in [0.25, 0.3) is 17.0 Å². The quantitative estimate of drug-likeness (QED) is 0.226. The van der Waals surface area contributed by atoms with Gasteiger partial charge in [0.1, 0.15) is 0 Å². The van der Waals surface area contributed by atoms with Gasteiger partial charge in [0.15, 0.2) is 5.17 Å². The lowest BCUT2D eigenvalue weighted by Crippen LogP contribution is -2.21. The third-order valence-electron chi connectivity index (χ3n) is 5.28. The number of aromatic nitrogens is 1. The fourth-order valence-corrected chi connectivity index (χ4v) is 4.39. The third kappa shape index (κ3) is 7.93. The summed E-state index contributed by atoms with van der Waals surface area (Å²) in [7, 11) is 0. The van der Waals surface area contributed by atoms with E-state index in [0.717, 1.165) is 16.5 Å². The summed E-state index contributed by atoms with van der Waals surface area (Å²) in [6.07, 6.45) is -1.52. The van der Waals surface area contributed by atoms with E-state index in [4.69, 9.17) is 21.5 Å². The number of aliphatic carboxylic acids is 1. The number of hydrogen-bond acceptors (Lipinski definition) is 6. The van der Waals surface area contributed by atoms with Crippen LogP contribution in [0.5, 0.6) is 0 Å². The minimum atomic E-state index is -5.08. The molecule has 2 amide bonds. The Kier molecular flexibility index (Phi) is 9.05. The van der Waals surface area contributed by atoms with Gasteiger partial charge in [0.05, 0.1) is 21.1 Å². The number of benzene rings is 3. The Morgan fingerprint density at radius 1 is 1.02 bits per heavy atom. The van der Waals surface area contributed by atoms with Crippen LogP contribution < -0.4 is 10.6 Å². The average molecular weight is 599 g/mol. The molecule has 41 heavy (non-hydrogen) atoms. The van der Waals surface area contributed by atoms with Gasteiger partial charge in [0.25, 0.3) is 11.8 Å². The second-order valence-corrected chi connectivity index (χ2v) is 9.66.